The third kappa shape index (κ3) is 5.06. The van der Waals surface area contributed by atoms with E-state index in [0.717, 1.165) is 16.8 Å². The summed E-state index contributed by atoms with van der Waals surface area (Å²) in [6.07, 6.45) is 3.31. The van der Waals surface area contributed by atoms with Gasteiger partial charge in [0.15, 0.2) is 5.11 Å². The molecule has 2 aromatic rings. The van der Waals surface area contributed by atoms with E-state index in [1.165, 1.54) is 0 Å². The van der Waals surface area contributed by atoms with E-state index in [9.17, 15) is 0 Å². The monoisotopic (exact) mass is 381 g/mol. The number of benzene rings is 1. The van der Waals surface area contributed by atoms with Crippen LogP contribution in [0.2, 0.25) is 10.2 Å². The van der Waals surface area contributed by atoms with Crippen LogP contribution in [-0.2, 0) is 6.54 Å². The number of thiocarbonyl (C=S) groups is 1. The maximum absolute atomic E-state index is 6.40. The second-order valence-electron chi connectivity index (χ2n) is 4.94. The molecule has 24 heavy (non-hydrogen) atoms. The highest BCUT2D eigenvalue weighted by Crippen LogP contribution is 2.19. The number of nitrogens with zero attached hydrogens (tertiary/aromatic N) is 3. The predicted octanol–water partition coefficient (Wildman–Crippen LogP) is 3.53. The smallest absolute Gasteiger partial charge is 0.187 e. The summed E-state index contributed by atoms with van der Waals surface area (Å²) in [6, 6.07) is 7.55. The molecule has 0 saturated heterocycles. The number of rotatable bonds is 6. The lowest BCUT2D eigenvalue weighted by Gasteiger charge is -2.04. The van der Waals surface area contributed by atoms with Gasteiger partial charge in [-0.3, -0.25) is 5.43 Å². The minimum Gasteiger partial charge on any atom is -0.358 e. The Kier molecular flexibility index (Phi) is 6.78. The average Bonchev–Trinajstić information content (AvgIpc) is 2.82. The van der Waals surface area contributed by atoms with Crippen molar-refractivity contribution in [2.24, 2.45) is 5.10 Å². The molecule has 1 aromatic carbocycles. The van der Waals surface area contributed by atoms with Gasteiger partial charge < -0.3 is 5.32 Å². The molecule has 2 N–H and O–H groups in total. The highest BCUT2D eigenvalue weighted by Gasteiger charge is 2.12. The molecule has 0 bridgehead atoms. The number of hydrogen-bond acceptors (Lipinski definition) is 3. The number of halogens is 2. The lowest BCUT2D eigenvalue weighted by molar-refractivity contribution is 0.680. The van der Waals surface area contributed by atoms with E-state index >= 15 is 0 Å². The fourth-order valence-corrected chi connectivity index (χ4v) is 2.49. The van der Waals surface area contributed by atoms with Crippen LogP contribution in [0.15, 0.2) is 42.0 Å². The van der Waals surface area contributed by atoms with Crippen molar-refractivity contribution in [1.29, 1.82) is 0 Å². The van der Waals surface area contributed by atoms with Crippen LogP contribution in [0.5, 0.6) is 0 Å². The zero-order chi connectivity index (χ0) is 17.5. The van der Waals surface area contributed by atoms with Gasteiger partial charge in [0, 0.05) is 11.6 Å². The summed E-state index contributed by atoms with van der Waals surface area (Å²) in [5.74, 6) is 0. The molecule has 0 saturated carbocycles. The van der Waals surface area contributed by atoms with Gasteiger partial charge in [-0.1, -0.05) is 41.4 Å². The number of hydrazone groups is 1. The quantitative estimate of drug-likeness (QED) is 0.347. The summed E-state index contributed by atoms with van der Waals surface area (Å²) < 4.78 is 1.72. The largest absolute Gasteiger partial charge is 0.358 e. The molecule has 0 unspecified atom stereocenters. The Labute approximate surface area is 156 Å². The van der Waals surface area contributed by atoms with E-state index in [1.54, 1.807) is 17.0 Å². The molecule has 0 radical (unpaired) electrons. The minimum absolute atomic E-state index is 0.411. The second-order valence-corrected chi connectivity index (χ2v) is 6.15. The van der Waals surface area contributed by atoms with Gasteiger partial charge in [0.1, 0.15) is 5.15 Å². The van der Waals surface area contributed by atoms with E-state index in [2.05, 4.69) is 27.5 Å². The molecule has 0 atom stereocenters. The van der Waals surface area contributed by atoms with Gasteiger partial charge in [0.05, 0.1) is 24.0 Å². The summed E-state index contributed by atoms with van der Waals surface area (Å²) in [5.41, 5.74) is 5.30. The molecule has 0 amide bonds. The van der Waals surface area contributed by atoms with E-state index in [-0.39, 0.29) is 0 Å². The molecule has 1 aromatic heterocycles. The van der Waals surface area contributed by atoms with Gasteiger partial charge in [-0.2, -0.15) is 10.2 Å². The lowest BCUT2D eigenvalue weighted by atomic mass is 10.2. The Morgan fingerprint density at radius 2 is 2.08 bits per heavy atom. The highest BCUT2D eigenvalue weighted by molar-refractivity contribution is 7.80. The van der Waals surface area contributed by atoms with E-state index < -0.39 is 0 Å². The van der Waals surface area contributed by atoms with Crippen molar-refractivity contribution in [2.75, 3.05) is 6.54 Å². The summed E-state index contributed by atoms with van der Waals surface area (Å²) in [4.78, 5) is 0. The molecule has 5 nitrogen and oxygen atoms in total. The third-order valence-corrected chi connectivity index (χ3v) is 4.01. The van der Waals surface area contributed by atoms with Gasteiger partial charge in [-0.05, 0) is 36.8 Å². The van der Waals surface area contributed by atoms with E-state index in [1.807, 2.05) is 31.2 Å². The summed E-state index contributed by atoms with van der Waals surface area (Å²) >= 11 is 17.4. The molecule has 126 valence electrons. The summed E-state index contributed by atoms with van der Waals surface area (Å²) in [6.45, 7) is 6.60. The van der Waals surface area contributed by atoms with Crippen LogP contribution in [0, 0.1) is 6.92 Å². The van der Waals surface area contributed by atoms with Crippen LogP contribution >= 0.6 is 35.4 Å². The Bertz CT molecular complexity index is 753. The van der Waals surface area contributed by atoms with E-state index in [0.29, 0.717) is 28.4 Å². The Morgan fingerprint density at radius 1 is 1.38 bits per heavy atom. The first kappa shape index (κ1) is 18.4. The number of aromatic nitrogens is 2. The van der Waals surface area contributed by atoms with Crippen molar-refractivity contribution in [1.82, 2.24) is 20.5 Å². The van der Waals surface area contributed by atoms with Gasteiger partial charge in [-0.25, -0.2) is 4.68 Å². The molecule has 0 fully saturated rings. The molecule has 1 heterocycles. The average molecular weight is 382 g/mol. The van der Waals surface area contributed by atoms with Crippen molar-refractivity contribution in [3.63, 3.8) is 0 Å². The Hall–Kier alpha value is -1.89. The van der Waals surface area contributed by atoms with Crippen molar-refractivity contribution in [3.05, 3.63) is 63.9 Å². The second kappa shape index (κ2) is 8.82. The van der Waals surface area contributed by atoms with Crippen LogP contribution in [0.25, 0.3) is 0 Å². The molecule has 8 heteroatoms. The minimum atomic E-state index is 0.411. The first-order valence-electron chi connectivity index (χ1n) is 7.16. The van der Waals surface area contributed by atoms with Gasteiger partial charge in [0.25, 0.3) is 0 Å². The van der Waals surface area contributed by atoms with Crippen molar-refractivity contribution >= 4 is 46.7 Å². The molecule has 0 aliphatic rings. The molecule has 2 rings (SSSR count). The Balaban J connectivity index is 2.06. The highest BCUT2D eigenvalue weighted by atomic mass is 35.5. The zero-order valence-electron chi connectivity index (χ0n) is 13.1. The maximum Gasteiger partial charge on any atom is 0.187 e. The predicted molar refractivity (Wildman–Crippen MR) is 104 cm³/mol. The van der Waals surface area contributed by atoms with Crippen molar-refractivity contribution in [2.45, 2.75) is 13.5 Å². The van der Waals surface area contributed by atoms with Crippen LogP contribution < -0.4 is 10.7 Å². The molecular formula is C16H17Cl2N5S. The lowest BCUT2D eigenvalue weighted by Crippen LogP contribution is -2.31. The van der Waals surface area contributed by atoms with Crippen LogP contribution in [0.4, 0.5) is 0 Å². The molecule has 0 spiro atoms. The SMILES string of the molecule is C=CCNC(=S)N/N=C\c1c(C)nn(Cc2ccc(Cl)cc2)c1Cl. The summed E-state index contributed by atoms with van der Waals surface area (Å²) in [5, 5.41) is 13.1. The number of hydrogen-bond donors (Lipinski definition) is 2. The first-order valence-corrected chi connectivity index (χ1v) is 8.33. The molecular weight excluding hydrogens is 365 g/mol. The number of nitrogens with one attached hydrogen (secondary N) is 2. The topological polar surface area (TPSA) is 54.2 Å². The zero-order valence-corrected chi connectivity index (χ0v) is 15.4. The van der Waals surface area contributed by atoms with Crippen LogP contribution in [0.1, 0.15) is 16.8 Å². The van der Waals surface area contributed by atoms with Crippen molar-refractivity contribution in [3.8, 4) is 0 Å². The van der Waals surface area contributed by atoms with Crippen LogP contribution in [0.3, 0.4) is 0 Å². The first-order chi connectivity index (χ1) is 11.5. The molecule has 0 aliphatic heterocycles. The molecule has 0 aliphatic carbocycles. The fourth-order valence-electron chi connectivity index (χ4n) is 1.94. The van der Waals surface area contributed by atoms with Gasteiger partial charge in [-0.15, -0.1) is 6.58 Å². The van der Waals surface area contributed by atoms with Crippen molar-refractivity contribution < 1.29 is 0 Å². The Morgan fingerprint density at radius 3 is 2.75 bits per heavy atom. The normalized spacial score (nSPS) is 10.8. The van der Waals surface area contributed by atoms with Gasteiger partial charge >= 0.3 is 0 Å². The maximum atomic E-state index is 6.40. The van der Waals surface area contributed by atoms with E-state index in [4.69, 9.17) is 35.4 Å². The van der Waals surface area contributed by atoms with Gasteiger partial charge in [0.2, 0.25) is 0 Å². The van der Waals surface area contributed by atoms with Crippen LogP contribution in [-0.4, -0.2) is 27.7 Å². The standard InChI is InChI=1S/C16H17Cl2N5S/c1-3-8-19-16(24)21-20-9-14-11(2)22-23(15(14)18)10-12-4-6-13(17)7-5-12/h3-7,9H,1,8,10H2,2H3,(H2,19,21,24)/b20-9-. The summed E-state index contributed by atoms with van der Waals surface area (Å²) in [7, 11) is 0. The fraction of sp³-hybridized carbons (Fsp3) is 0.188. The third-order valence-electron chi connectivity index (χ3n) is 3.12. The number of aryl methyl sites for hydroxylation is 1.